The lowest BCUT2D eigenvalue weighted by atomic mass is 10.1. The van der Waals surface area contributed by atoms with Crippen LogP contribution >= 0.6 is 0 Å². The maximum atomic E-state index is 12.8. The molecule has 0 aliphatic carbocycles. The van der Waals surface area contributed by atoms with Gasteiger partial charge in [-0.2, -0.15) is 0 Å². The number of carbonyl (C=O) groups is 2. The first kappa shape index (κ1) is 60.8. The van der Waals surface area contributed by atoms with Crippen LogP contribution in [0, 0.1) is 0 Å². The third-order valence-electron chi connectivity index (χ3n) is 11.1. The predicted molar refractivity (Wildman–Crippen MR) is 279 cm³/mol. The summed E-state index contributed by atoms with van der Waals surface area (Å²) < 4.78 is 17.4. The van der Waals surface area contributed by atoms with Crippen LogP contribution in [0.25, 0.3) is 0 Å². The summed E-state index contributed by atoms with van der Waals surface area (Å²) in [5, 5.41) is 0. The van der Waals surface area contributed by atoms with Gasteiger partial charge in [-0.05, 0) is 109 Å². The van der Waals surface area contributed by atoms with Crippen molar-refractivity contribution in [2.24, 2.45) is 0 Å². The van der Waals surface area contributed by atoms with E-state index in [0.29, 0.717) is 19.4 Å². The Bertz CT molecular complexity index is 1230. The van der Waals surface area contributed by atoms with Gasteiger partial charge in [0.25, 0.3) is 0 Å². The number of carbonyl (C=O) groups excluding carboxylic acids is 2. The fourth-order valence-electron chi connectivity index (χ4n) is 7.11. The van der Waals surface area contributed by atoms with E-state index in [0.717, 1.165) is 89.9 Å². The maximum Gasteiger partial charge on any atom is 0.306 e. The number of ether oxygens (including phenoxy) is 3. The lowest BCUT2D eigenvalue weighted by molar-refractivity contribution is -0.163. The second-order valence-electron chi connectivity index (χ2n) is 17.4. The number of hydrogen-bond acceptors (Lipinski definition) is 5. The van der Waals surface area contributed by atoms with Gasteiger partial charge in [-0.15, -0.1) is 0 Å². The molecule has 64 heavy (non-hydrogen) atoms. The zero-order valence-electron chi connectivity index (χ0n) is 42.0. The Balaban J connectivity index is 4.39. The highest BCUT2D eigenvalue weighted by Gasteiger charge is 2.17. The molecule has 0 spiro atoms. The standard InChI is InChI=1S/C59H100O5/c1-4-7-10-13-16-19-22-25-28-30-32-34-37-40-43-46-49-52-58(60)63-56-57(55-62-54-51-48-45-42-39-36-27-24-21-18-15-12-9-6-3)64-59(61)53-50-47-44-41-38-35-33-31-29-26-23-20-17-14-11-8-5-2/h7,10,12,15-16,19,21,24-26,28-29,32,34,40,43,57H,4-6,8-9,11,13-14,17-18,20,22-23,27,30-31,33,35-39,41-42,44-56H2,1-3H3/b10-7-,15-12-,19-16-,24-21-,28-25-,29-26-,34-32-,43-40-. The number of rotatable bonds is 48. The van der Waals surface area contributed by atoms with Crippen LogP contribution in [0.5, 0.6) is 0 Å². The van der Waals surface area contributed by atoms with E-state index in [9.17, 15) is 9.59 Å². The van der Waals surface area contributed by atoms with Gasteiger partial charge in [-0.3, -0.25) is 9.59 Å². The summed E-state index contributed by atoms with van der Waals surface area (Å²) in [6.45, 7) is 7.57. The molecule has 0 radical (unpaired) electrons. The largest absolute Gasteiger partial charge is 0.462 e. The molecule has 0 saturated carbocycles. The molecule has 0 fully saturated rings. The molecule has 5 nitrogen and oxygen atoms in total. The summed E-state index contributed by atoms with van der Waals surface area (Å²) in [5.41, 5.74) is 0. The van der Waals surface area contributed by atoms with Crippen molar-refractivity contribution in [1.82, 2.24) is 0 Å². The van der Waals surface area contributed by atoms with Crippen molar-refractivity contribution in [2.75, 3.05) is 19.8 Å². The van der Waals surface area contributed by atoms with E-state index in [1.165, 1.54) is 116 Å². The molecular formula is C59H100O5. The molecule has 0 bridgehead atoms. The van der Waals surface area contributed by atoms with Crippen LogP contribution in [0.1, 0.15) is 239 Å². The first-order valence-electron chi connectivity index (χ1n) is 26.8. The minimum Gasteiger partial charge on any atom is -0.462 e. The van der Waals surface area contributed by atoms with Crippen molar-refractivity contribution in [2.45, 2.75) is 245 Å². The monoisotopic (exact) mass is 889 g/mol. The third kappa shape index (κ3) is 51.5. The molecule has 0 heterocycles. The number of hydrogen-bond donors (Lipinski definition) is 0. The van der Waals surface area contributed by atoms with Gasteiger partial charge in [0.05, 0.1) is 6.61 Å². The Kier molecular flexibility index (Phi) is 51.5. The molecule has 0 N–H and O–H groups in total. The van der Waals surface area contributed by atoms with E-state index < -0.39 is 6.10 Å². The Morgan fingerprint density at radius 1 is 0.359 bits per heavy atom. The van der Waals surface area contributed by atoms with Gasteiger partial charge in [-0.1, -0.05) is 214 Å². The summed E-state index contributed by atoms with van der Waals surface area (Å²) in [4.78, 5) is 25.4. The van der Waals surface area contributed by atoms with Crippen molar-refractivity contribution in [3.8, 4) is 0 Å². The SMILES string of the molecule is CC/C=C\C/C=C\C/C=C\C/C=C\C/C=C\CCCC(=O)OCC(COCCCCCCCC/C=C\C/C=C\CCC)OC(=O)CCCCCCCCC/C=C\CCCCCCCC. The van der Waals surface area contributed by atoms with Crippen LogP contribution < -0.4 is 0 Å². The Morgan fingerprint density at radius 2 is 0.750 bits per heavy atom. The van der Waals surface area contributed by atoms with Crippen LogP contribution in [0.15, 0.2) is 97.2 Å². The lowest BCUT2D eigenvalue weighted by Gasteiger charge is -2.18. The van der Waals surface area contributed by atoms with E-state index >= 15 is 0 Å². The molecule has 1 unspecified atom stereocenters. The molecule has 0 aliphatic rings. The summed E-state index contributed by atoms with van der Waals surface area (Å²) >= 11 is 0. The highest BCUT2D eigenvalue weighted by Crippen LogP contribution is 2.13. The maximum absolute atomic E-state index is 12.8. The minimum absolute atomic E-state index is 0.0456. The smallest absolute Gasteiger partial charge is 0.306 e. The fourth-order valence-corrected chi connectivity index (χ4v) is 7.11. The molecular weight excluding hydrogens is 789 g/mol. The summed E-state index contributed by atoms with van der Waals surface area (Å²) in [7, 11) is 0. The second-order valence-corrected chi connectivity index (χ2v) is 17.4. The zero-order chi connectivity index (χ0) is 46.3. The van der Waals surface area contributed by atoms with Crippen LogP contribution in [0.3, 0.4) is 0 Å². The van der Waals surface area contributed by atoms with Crippen molar-refractivity contribution >= 4 is 11.9 Å². The van der Waals surface area contributed by atoms with Crippen molar-refractivity contribution in [3.05, 3.63) is 97.2 Å². The van der Waals surface area contributed by atoms with Crippen LogP contribution in [-0.2, 0) is 23.8 Å². The number of allylic oxidation sites excluding steroid dienone is 16. The number of unbranched alkanes of at least 4 members (excludes halogenated alkanes) is 21. The molecule has 0 rings (SSSR count). The van der Waals surface area contributed by atoms with E-state index in [-0.39, 0.29) is 25.2 Å². The highest BCUT2D eigenvalue weighted by atomic mass is 16.6. The fraction of sp³-hybridized carbons (Fsp3) is 0.695. The van der Waals surface area contributed by atoms with Crippen LogP contribution in [0.4, 0.5) is 0 Å². The lowest BCUT2D eigenvalue weighted by Crippen LogP contribution is -2.30. The predicted octanol–water partition coefficient (Wildman–Crippen LogP) is 18.2. The van der Waals surface area contributed by atoms with E-state index in [2.05, 4.69) is 118 Å². The molecule has 5 heteroatoms. The second kappa shape index (κ2) is 54.2. The molecule has 0 saturated heterocycles. The minimum atomic E-state index is -0.572. The first-order valence-corrected chi connectivity index (χ1v) is 26.8. The van der Waals surface area contributed by atoms with Gasteiger partial charge in [-0.25, -0.2) is 0 Å². The van der Waals surface area contributed by atoms with Gasteiger partial charge in [0.15, 0.2) is 6.10 Å². The molecule has 366 valence electrons. The summed E-state index contributed by atoms with van der Waals surface area (Å²) in [6, 6.07) is 0. The quantitative estimate of drug-likeness (QED) is 0.0346. The van der Waals surface area contributed by atoms with Gasteiger partial charge < -0.3 is 14.2 Å². The Morgan fingerprint density at radius 3 is 1.25 bits per heavy atom. The van der Waals surface area contributed by atoms with Crippen molar-refractivity contribution in [1.29, 1.82) is 0 Å². The number of esters is 2. The van der Waals surface area contributed by atoms with Crippen molar-refractivity contribution in [3.63, 3.8) is 0 Å². The Labute approximate surface area is 396 Å². The molecule has 0 aromatic heterocycles. The summed E-state index contributed by atoms with van der Waals surface area (Å²) in [6.07, 6.45) is 72.8. The van der Waals surface area contributed by atoms with Crippen molar-refractivity contribution < 1.29 is 23.8 Å². The topological polar surface area (TPSA) is 61.8 Å². The molecule has 1 atom stereocenters. The average molecular weight is 889 g/mol. The van der Waals surface area contributed by atoms with Crippen LogP contribution in [-0.4, -0.2) is 37.9 Å². The van der Waals surface area contributed by atoms with Gasteiger partial charge in [0.2, 0.25) is 0 Å². The Hall–Kier alpha value is -3.18. The molecule has 0 aliphatic heterocycles. The van der Waals surface area contributed by atoms with Gasteiger partial charge >= 0.3 is 11.9 Å². The van der Waals surface area contributed by atoms with Crippen LogP contribution in [0.2, 0.25) is 0 Å². The normalized spacial score (nSPS) is 13.0. The average Bonchev–Trinajstić information content (AvgIpc) is 3.30. The highest BCUT2D eigenvalue weighted by molar-refractivity contribution is 5.70. The van der Waals surface area contributed by atoms with E-state index in [1.54, 1.807) is 0 Å². The van der Waals surface area contributed by atoms with Gasteiger partial charge in [0, 0.05) is 19.4 Å². The summed E-state index contributed by atoms with van der Waals surface area (Å²) in [5.74, 6) is -0.476. The first-order chi connectivity index (χ1) is 31.6. The molecule has 0 amide bonds. The van der Waals surface area contributed by atoms with E-state index in [4.69, 9.17) is 14.2 Å². The molecule has 0 aromatic carbocycles. The zero-order valence-corrected chi connectivity index (χ0v) is 42.0. The van der Waals surface area contributed by atoms with E-state index in [1.807, 2.05) is 0 Å². The molecule has 0 aromatic rings. The van der Waals surface area contributed by atoms with Gasteiger partial charge in [0.1, 0.15) is 6.61 Å². The third-order valence-corrected chi connectivity index (χ3v) is 11.1.